The van der Waals surface area contributed by atoms with Crippen molar-refractivity contribution in [2.24, 2.45) is 11.8 Å². The van der Waals surface area contributed by atoms with Gasteiger partial charge in [0.1, 0.15) is 0 Å². The smallest absolute Gasteiger partial charge is 0.270 e. The molecule has 1 saturated carbocycles. The lowest BCUT2D eigenvalue weighted by molar-refractivity contribution is -0.384. The number of rotatable bonds is 5. The maximum Gasteiger partial charge on any atom is 0.270 e. The fraction of sp³-hybridized carbons (Fsp3) is 0.444. The lowest BCUT2D eigenvalue weighted by Crippen LogP contribution is -2.43. The van der Waals surface area contributed by atoms with Crippen molar-refractivity contribution in [1.29, 1.82) is 0 Å². The number of fused-ring (bicyclic) bond motifs is 1. The molecule has 10 heteroatoms. The van der Waals surface area contributed by atoms with E-state index in [1.807, 2.05) is 0 Å². The second-order valence-corrected chi connectivity index (χ2v) is 6.89. The van der Waals surface area contributed by atoms with Gasteiger partial charge in [-0.2, -0.15) is 0 Å². The Morgan fingerprint density at radius 3 is 2.36 bits per heavy atom. The van der Waals surface area contributed by atoms with E-state index in [0.717, 1.165) is 23.8 Å². The van der Waals surface area contributed by atoms with E-state index in [4.69, 9.17) is 0 Å². The molecule has 10 nitrogen and oxygen atoms in total. The Bertz CT molecular complexity index is 815. The molecule has 0 radical (unpaired) electrons. The number of imide groups is 1. The summed E-state index contributed by atoms with van der Waals surface area (Å²) < 4.78 is 0. The largest absolute Gasteiger partial charge is 0.282 e. The van der Waals surface area contributed by atoms with Gasteiger partial charge in [0.05, 0.1) is 16.8 Å². The Morgan fingerprint density at radius 1 is 1.11 bits per heavy atom. The Hall–Kier alpha value is -3.30. The van der Waals surface area contributed by atoms with E-state index < -0.39 is 16.7 Å². The van der Waals surface area contributed by atoms with Crippen LogP contribution >= 0.6 is 0 Å². The van der Waals surface area contributed by atoms with Gasteiger partial charge in [-0.25, -0.2) is 0 Å². The van der Waals surface area contributed by atoms with Gasteiger partial charge in [0.15, 0.2) is 0 Å². The number of benzene rings is 1. The number of non-ortho nitro benzene ring substituents is 1. The molecule has 2 fully saturated rings. The van der Waals surface area contributed by atoms with Crippen LogP contribution in [0.5, 0.6) is 0 Å². The molecule has 148 valence electrons. The highest BCUT2D eigenvalue weighted by Crippen LogP contribution is 2.37. The highest BCUT2D eigenvalue weighted by atomic mass is 16.6. The van der Waals surface area contributed by atoms with E-state index >= 15 is 0 Å². The highest BCUT2D eigenvalue weighted by Gasteiger charge is 2.47. The first-order valence-electron chi connectivity index (χ1n) is 9.07. The number of hydrazine groups is 1. The first-order chi connectivity index (χ1) is 13.4. The average molecular weight is 388 g/mol. The van der Waals surface area contributed by atoms with Crippen LogP contribution in [0.15, 0.2) is 24.3 Å². The number of carbonyl (C=O) groups excluding carboxylic acids is 4. The molecular weight excluding hydrogens is 368 g/mol. The van der Waals surface area contributed by atoms with E-state index in [0.29, 0.717) is 12.8 Å². The maximum atomic E-state index is 12.3. The van der Waals surface area contributed by atoms with Gasteiger partial charge in [-0.3, -0.25) is 45.0 Å². The molecule has 0 spiro atoms. The third kappa shape index (κ3) is 4.00. The lowest BCUT2D eigenvalue weighted by Gasteiger charge is -2.19. The normalized spacial score (nSPS) is 21.2. The van der Waals surface area contributed by atoms with Crippen LogP contribution in [0.25, 0.3) is 0 Å². The summed E-state index contributed by atoms with van der Waals surface area (Å²) in [4.78, 5) is 59.9. The van der Waals surface area contributed by atoms with Gasteiger partial charge >= 0.3 is 0 Å². The van der Waals surface area contributed by atoms with Crippen molar-refractivity contribution in [3.63, 3.8) is 0 Å². The number of carbonyl (C=O) groups is 4. The van der Waals surface area contributed by atoms with Crippen LogP contribution in [-0.2, 0) is 14.4 Å². The summed E-state index contributed by atoms with van der Waals surface area (Å²) in [5.74, 6) is -2.26. The fourth-order valence-electron chi connectivity index (χ4n) is 3.69. The monoisotopic (exact) mass is 388 g/mol. The van der Waals surface area contributed by atoms with Crippen molar-refractivity contribution in [2.45, 2.75) is 32.1 Å². The first-order valence-corrected chi connectivity index (χ1v) is 9.07. The van der Waals surface area contributed by atoms with E-state index in [-0.39, 0.29) is 47.9 Å². The van der Waals surface area contributed by atoms with Gasteiger partial charge in [-0.15, -0.1) is 0 Å². The van der Waals surface area contributed by atoms with Crippen molar-refractivity contribution in [1.82, 2.24) is 15.8 Å². The van der Waals surface area contributed by atoms with Crippen LogP contribution in [0.4, 0.5) is 5.69 Å². The zero-order valence-corrected chi connectivity index (χ0v) is 15.1. The zero-order valence-electron chi connectivity index (χ0n) is 15.1. The molecular formula is C18H20N4O6. The third-order valence-corrected chi connectivity index (χ3v) is 5.13. The molecule has 1 aromatic rings. The third-order valence-electron chi connectivity index (χ3n) is 5.13. The van der Waals surface area contributed by atoms with E-state index in [2.05, 4.69) is 10.9 Å². The summed E-state index contributed by atoms with van der Waals surface area (Å²) in [6, 6.07) is 5.07. The van der Waals surface area contributed by atoms with Crippen LogP contribution in [0, 0.1) is 22.0 Å². The van der Waals surface area contributed by atoms with Gasteiger partial charge in [0.25, 0.3) is 11.6 Å². The molecule has 2 N–H and O–H groups in total. The lowest BCUT2D eigenvalue weighted by atomic mass is 9.81. The Morgan fingerprint density at radius 2 is 1.75 bits per heavy atom. The van der Waals surface area contributed by atoms with Gasteiger partial charge in [-0.05, 0) is 18.9 Å². The number of nitrogens with one attached hydrogen (secondary N) is 2. The fourth-order valence-corrected chi connectivity index (χ4v) is 3.69. The number of hydrogen-bond donors (Lipinski definition) is 2. The van der Waals surface area contributed by atoms with Crippen LogP contribution in [0.3, 0.4) is 0 Å². The molecule has 2 atom stereocenters. The van der Waals surface area contributed by atoms with E-state index in [1.165, 1.54) is 18.2 Å². The number of amides is 4. The molecule has 28 heavy (non-hydrogen) atoms. The molecule has 1 saturated heterocycles. The SMILES string of the molecule is O=C(CCN1C(=O)[C@H]2CCCC[C@@H]2C1=O)NNC(=O)c1cccc([N+](=O)[O-])c1. The Balaban J connectivity index is 1.49. The van der Waals surface area contributed by atoms with Crippen molar-refractivity contribution in [3.05, 3.63) is 39.9 Å². The predicted molar refractivity (Wildman–Crippen MR) is 95.5 cm³/mol. The Labute approximate surface area is 160 Å². The number of hydrogen-bond acceptors (Lipinski definition) is 6. The highest BCUT2D eigenvalue weighted by molar-refractivity contribution is 6.05. The summed E-state index contributed by atoms with van der Waals surface area (Å²) in [5.41, 5.74) is 4.12. The molecule has 0 unspecified atom stereocenters. The first kappa shape index (κ1) is 19.5. The molecule has 1 aliphatic carbocycles. The molecule has 1 aliphatic heterocycles. The van der Waals surface area contributed by atoms with Crippen molar-refractivity contribution < 1.29 is 24.1 Å². The van der Waals surface area contributed by atoms with Crippen LogP contribution in [-0.4, -0.2) is 40.0 Å². The van der Waals surface area contributed by atoms with Gasteiger partial charge in [-0.1, -0.05) is 18.9 Å². The minimum Gasteiger partial charge on any atom is -0.282 e. The van der Waals surface area contributed by atoms with Crippen LogP contribution in [0.2, 0.25) is 0 Å². The molecule has 4 amide bonds. The van der Waals surface area contributed by atoms with Crippen molar-refractivity contribution >= 4 is 29.3 Å². The summed E-state index contributed by atoms with van der Waals surface area (Å²) in [7, 11) is 0. The molecule has 3 rings (SSSR count). The maximum absolute atomic E-state index is 12.3. The zero-order chi connectivity index (χ0) is 20.3. The molecule has 1 heterocycles. The van der Waals surface area contributed by atoms with Crippen molar-refractivity contribution in [3.8, 4) is 0 Å². The van der Waals surface area contributed by atoms with Gasteiger partial charge in [0, 0.05) is 30.7 Å². The summed E-state index contributed by atoms with van der Waals surface area (Å²) in [6.45, 7) is -0.0385. The Kier molecular flexibility index (Phi) is 5.67. The van der Waals surface area contributed by atoms with Crippen LogP contribution < -0.4 is 10.9 Å². The second kappa shape index (κ2) is 8.15. The quantitative estimate of drug-likeness (QED) is 0.437. The molecule has 1 aromatic carbocycles. The molecule has 0 bridgehead atoms. The summed E-state index contributed by atoms with van der Waals surface area (Å²) in [5, 5.41) is 10.7. The van der Waals surface area contributed by atoms with E-state index in [1.54, 1.807) is 0 Å². The van der Waals surface area contributed by atoms with Crippen LogP contribution in [0.1, 0.15) is 42.5 Å². The van der Waals surface area contributed by atoms with Gasteiger partial charge < -0.3 is 0 Å². The summed E-state index contributed by atoms with van der Waals surface area (Å²) in [6.07, 6.45) is 3.12. The average Bonchev–Trinajstić information content (AvgIpc) is 2.95. The molecule has 0 aromatic heterocycles. The number of nitro benzene ring substituents is 1. The minimum atomic E-state index is -0.712. The number of nitro groups is 1. The topological polar surface area (TPSA) is 139 Å². The number of nitrogens with zero attached hydrogens (tertiary/aromatic N) is 2. The van der Waals surface area contributed by atoms with Crippen molar-refractivity contribution in [2.75, 3.05) is 6.54 Å². The minimum absolute atomic E-state index is 0.0171. The second-order valence-electron chi connectivity index (χ2n) is 6.89. The summed E-state index contributed by atoms with van der Waals surface area (Å²) >= 11 is 0. The number of likely N-dealkylation sites (tertiary alicyclic amines) is 1. The molecule has 2 aliphatic rings. The van der Waals surface area contributed by atoms with Gasteiger partial charge in [0.2, 0.25) is 17.7 Å². The predicted octanol–water partition coefficient (Wildman–Crippen LogP) is 0.921. The standard InChI is InChI=1S/C18H20N4O6/c23-15(19-20-16(24)11-4-3-5-12(10-11)22(27)28)8-9-21-17(25)13-6-1-2-7-14(13)18(21)26/h3-5,10,13-14H,1-2,6-9H2,(H,19,23)(H,20,24)/t13-,14-/m0/s1. The van der Waals surface area contributed by atoms with E-state index in [9.17, 15) is 29.3 Å².